The topological polar surface area (TPSA) is 71.4 Å². The van der Waals surface area contributed by atoms with Crippen LogP contribution in [0.3, 0.4) is 0 Å². The Morgan fingerprint density at radius 3 is 3.06 bits per heavy atom. The minimum absolute atomic E-state index is 0.310. The van der Waals surface area contributed by atoms with Gasteiger partial charge in [0, 0.05) is 25.2 Å². The molecule has 0 aromatic carbocycles. The van der Waals surface area contributed by atoms with Gasteiger partial charge < -0.3 is 15.1 Å². The van der Waals surface area contributed by atoms with Crippen molar-refractivity contribution < 1.29 is 4.42 Å². The lowest BCUT2D eigenvalue weighted by Gasteiger charge is -2.41. The summed E-state index contributed by atoms with van der Waals surface area (Å²) in [7, 11) is 0. The van der Waals surface area contributed by atoms with Crippen LogP contribution in [0.5, 0.6) is 0 Å². The Hall–Kier alpha value is -1.14. The van der Waals surface area contributed by atoms with E-state index in [0.717, 1.165) is 13.1 Å². The molecule has 2 saturated heterocycles. The molecule has 94 valence electrons. The van der Waals surface area contributed by atoms with Crippen LogP contribution < -0.4 is 10.6 Å². The van der Waals surface area contributed by atoms with E-state index in [-0.39, 0.29) is 0 Å². The summed E-state index contributed by atoms with van der Waals surface area (Å²) in [6.45, 7) is 5.84. The highest BCUT2D eigenvalue weighted by Gasteiger charge is 2.36. The van der Waals surface area contributed by atoms with Crippen molar-refractivity contribution in [2.75, 3.05) is 24.5 Å². The van der Waals surface area contributed by atoms with Gasteiger partial charge >= 0.3 is 6.01 Å². The van der Waals surface area contributed by atoms with Crippen molar-refractivity contribution in [1.82, 2.24) is 15.1 Å². The summed E-state index contributed by atoms with van der Waals surface area (Å²) in [6, 6.07) is 1.71. The van der Waals surface area contributed by atoms with Crippen LogP contribution in [-0.4, -0.2) is 46.8 Å². The molecule has 0 aliphatic carbocycles. The lowest BCUT2D eigenvalue weighted by Crippen LogP contribution is -2.55. The molecule has 3 rings (SSSR count). The highest BCUT2D eigenvalue weighted by atomic mass is 16.4. The van der Waals surface area contributed by atoms with Gasteiger partial charge in [0.05, 0.1) is 6.54 Å². The molecule has 0 saturated carbocycles. The Labute approximate surface area is 101 Å². The Balaban J connectivity index is 1.77. The third kappa shape index (κ3) is 1.91. The molecule has 2 atom stereocenters. The Kier molecular flexibility index (Phi) is 2.76. The zero-order valence-corrected chi connectivity index (χ0v) is 10.2. The molecule has 0 radical (unpaired) electrons. The molecule has 2 aliphatic rings. The molecule has 6 nitrogen and oxygen atoms in total. The maximum atomic E-state index is 5.55. The second-order valence-corrected chi connectivity index (χ2v) is 4.97. The van der Waals surface area contributed by atoms with Gasteiger partial charge in [-0.25, -0.2) is 0 Å². The minimum Gasteiger partial charge on any atom is -0.407 e. The number of nitrogens with zero attached hydrogens (tertiary/aromatic N) is 4. The quantitative estimate of drug-likeness (QED) is 0.792. The number of hydrogen-bond acceptors (Lipinski definition) is 6. The van der Waals surface area contributed by atoms with E-state index in [4.69, 9.17) is 10.2 Å². The van der Waals surface area contributed by atoms with Gasteiger partial charge in [-0.2, -0.15) is 0 Å². The van der Waals surface area contributed by atoms with Crippen molar-refractivity contribution in [3.8, 4) is 0 Å². The van der Waals surface area contributed by atoms with Crippen LogP contribution in [0.2, 0.25) is 0 Å². The van der Waals surface area contributed by atoms with Gasteiger partial charge in [0.1, 0.15) is 0 Å². The summed E-state index contributed by atoms with van der Waals surface area (Å²) in [4.78, 5) is 4.79. The van der Waals surface area contributed by atoms with Crippen molar-refractivity contribution in [3.63, 3.8) is 0 Å². The number of hydrogen-bond donors (Lipinski definition) is 1. The van der Waals surface area contributed by atoms with Gasteiger partial charge in [-0.3, -0.25) is 4.90 Å². The third-order valence-corrected chi connectivity index (χ3v) is 3.81. The highest BCUT2D eigenvalue weighted by Crippen LogP contribution is 2.27. The average molecular weight is 237 g/mol. The molecular weight excluding hydrogens is 218 g/mol. The summed E-state index contributed by atoms with van der Waals surface area (Å²) in [5.74, 6) is 0.515. The highest BCUT2D eigenvalue weighted by molar-refractivity contribution is 5.29. The number of anilines is 1. The first-order valence-corrected chi connectivity index (χ1v) is 6.31. The second-order valence-electron chi connectivity index (χ2n) is 4.97. The van der Waals surface area contributed by atoms with Gasteiger partial charge in [0.2, 0.25) is 5.89 Å². The van der Waals surface area contributed by atoms with Gasteiger partial charge in [0.25, 0.3) is 0 Å². The Morgan fingerprint density at radius 2 is 2.29 bits per heavy atom. The van der Waals surface area contributed by atoms with Crippen LogP contribution in [0.15, 0.2) is 4.42 Å². The van der Waals surface area contributed by atoms with E-state index in [1.54, 1.807) is 0 Å². The monoisotopic (exact) mass is 237 g/mol. The van der Waals surface area contributed by atoms with E-state index in [9.17, 15) is 0 Å². The molecule has 2 fully saturated rings. The van der Waals surface area contributed by atoms with Crippen molar-refractivity contribution in [2.45, 2.75) is 38.4 Å². The standard InChI is InChI=1S/C11H19N5O/c1-8-6-15-4-2-3-9(15)7-16(8)11-14-13-10(5-12)17-11/h8-9H,2-7,12H2,1H3. The van der Waals surface area contributed by atoms with Gasteiger partial charge in [0.15, 0.2) is 0 Å². The van der Waals surface area contributed by atoms with Crippen LogP contribution in [0.1, 0.15) is 25.7 Å². The van der Waals surface area contributed by atoms with Crippen LogP contribution in [0.25, 0.3) is 0 Å². The zero-order valence-electron chi connectivity index (χ0n) is 10.2. The first-order valence-electron chi connectivity index (χ1n) is 6.31. The summed E-state index contributed by atoms with van der Waals surface area (Å²) >= 11 is 0. The van der Waals surface area contributed by atoms with E-state index < -0.39 is 0 Å². The largest absolute Gasteiger partial charge is 0.407 e. The number of rotatable bonds is 2. The molecule has 0 amide bonds. The SMILES string of the molecule is CC1CN2CCCC2CN1c1nnc(CN)o1. The molecule has 2 N–H and O–H groups in total. The molecule has 2 unspecified atom stereocenters. The lowest BCUT2D eigenvalue weighted by atomic mass is 10.1. The van der Waals surface area contributed by atoms with Gasteiger partial charge in [-0.15, -0.1) is 5.10 Å². The third-order valence-electron chi connectivity index (χ3n) is 3.81. The number of aromatic nitrogens is 2. The Bertz CT molecular complexity index is 393. The maximum Gasteiger partial charge on any atom is 0.318 e. The van der Waals surface area contributed by atoms with E-state index in [1.807, 2.05) is 0 Å². The number of fused-ring (bicyclic) bond motifs is 1. The van der Waals surface area contributed by atoms with Crippen LogP contribution >= 0.6 is 0 Å². The smallest absolute Gasteiger partial charge is 0.318 e. The Morgan fingerprint density at radius 1 is 1.41 bits per heavy atom. The number of piperazine rings is 1. The van der Waals surface area contributed by atoms with Crippen LogP contribution in [-0.2, 0) is 6.54 Å². The van der Waals surface area contributed by atoms with Crippen LogP contribution in [0, 0.1) is 0 Å². The average Bonchev–Trinajstić information content (AvgIpc) is 2.94. The van der Waals surface area contributed by atoms with Crippen molar-refractivity contribution >= 4 is 6.01 Å². The van der Waals surface area contributed by atoms with Gasteiger partial charge in [-0.1, -0.05) is 5.10 Å². The molecule has 2 aliphatic heterocycles. The van der Waals surface area contributed by atoms with E-state index in [1.165, 1.54) is 19.4 Å². The van der Waals surface area contributed by atoms with Crippen molar-refractivity contribution in [3.05, 3.63) is 5.89 Å². The number of nitrogens with two attached hydrogens (primary N) is 1. The molecule has 1 aromatic heterocycles. The molecule has 3 heterocycles. The molecular formula is C11H19N5O. The molecule has 17 heavy (non-hydrogen) atoms. The predicted octanol–water partition coefficient (Wildman–Crippen LogP) is 0.201. The predicted molar refractivity (Wildman–Crippen MR) is 63.6 cm³/mol. The fourth-order valence-electron chi connectivity index (χ4n) is 2.90. The fourth-order valence-corrected chi connectivity index (χ4v) is 2.90. The molecule has 1 aromatic rings. The van der Waals surface area contributed by atoms with E-state index in [0.29, 0.717) is 30.5 Å². The first-order chi connectivity index (χ1) is 8.28. The van der Waals surface area contributed by atoms with Crippen LogP contribution in [0.4, 0.5) is 6.01 Å². The van der Waals surface area contributed by atoms with Gasteiger partial charge in [-0.05, 0) is 26.3 Å². The zero-order chi connectivity index (χ0) is 11.8. The van der Waals surface area contributed by atoms with E-state index in [2.05, 4.69) is 26.9 Å². The molecule has 6 heteroatoms. The molecule has 0 bridgehead atoms. The fraction of sp³-hybridized carbons (Fsp3) is 0.818. The summed E-state index contributed by atoms with van der Waals surface area (Å²) in [6.07, 6.45) is 2.59. The van der Waals surface area contributed by atoms with Crippen molar-refractivity contribution in [1.29, 1.82) is 0 Å². The summed E-state index contributed by atoms with van der Waals surface area (Å²) in [5.41, 5.74) is 5.49. The minimum atomic E-state index is 0.310. The molecule has 0 spiro atoms. The second kappa shape index (κ2) is 4.27. The lowest BCUT2D eigenvalue weighted by molar-refractivity contribution is 0.197. The van der Waals surface area contributed by atoms with E-state index >= 15 is 0 Å². The normalized spacial score (nSPS) is 29.6. The van der Waals surface area contributed by atoms with Crippen molar-refractivity contribution in [2.24, 2.45) is 5.73 Å². The first kappa shape index (κ1) is 11.0. The maximum absolute atomic E-state index is 5.55. The summed E-state index contributed by atoms with van der Waals surface area (Å²) < 4.78 is 5.55. The summed E-state index contributed by atoms with van der Waals surface area (Å²) in [5, 5.41) is 8.02.